The minimum absolute atomic E-state index is 0.0707. The van der Waals surface area contributed by atoms with E-state index in [9.17, 15) is 24.1 Å². The van der Waals surface area contributed by atoms with Gasteiger partial charge in [-0.25, -0.2) is 4.79 Å². The Morgan fingerprint density at radius 2 is 2.13 bits per heavy atom. The van der Waals surface area contributed by atoms with Gasteiger partial charge < -0.3 is 15.2 Å². The molecule has 0 saturated heterocycles. The van der Waals surface area contributed by atoms with Gasteiger partial charge >= 0.3 is 11.7 Å². The maximum absolute atomic E-state index is 13.4. The second-order valence-electron chi connectivity index (χ2n) is 4.93. The van der Waals surface area contributed by atoms with Gasteiger partial charge in [-0.2, -0.15) is 4.39 Å². The van der Waals surface area contributed by atoms with Gasteiger partial charge in [-0.1, -0.05) is 20.3 Å². The van der Waals surface area contributed by atoms with Crippen LogP contribution in [0.5, 0.6) is 5.75 Å². The van der Waals surface area contributed by atoms with E-state index in [2.05, 4.69) is 5.32 Å². The number of nitro benzene ring substituents is 1. The molecule has 0 aliphatic carbocycles. The van der Waals surface area contributed by atoms with Gasteiger partial charge in [-0.3, -0.25) is 14.9 Å². The summed E-state index contributed by atoms with van der Waals surface area (Å²) >= 11 is 0. The van der Waals surface area contributed by atoms with Crippen molar-refractivity contribution in [3.8, 4) is 5.75 Å². The number of ether oxygens (including phenoxy) is 1. The van der Waals surface area contributed by atoms with Gasteiger partial charge in [0.25, 0.3) is 5.91 Å². The summed E-state index contributed by atoms with van der Waals surface area (Å²) < 4.78 is 18.4. The fourth-order valence-corrected chi connectivity index (χ4v) is 1.77. The van der Waals surface area contributed by atoms with E-state index in [4.69, 9.17) is 9.84 Å². The summed E-state index contributed by atoms with van der Waals surface area (Å²) in [6.45, 7) is 2.95. The third-order valence-corrected chi connectivity index (χ3v) is 3.28. The van der Waals surface area contributed by atoms with Crippen LogP contribution in [0, 0.1) is 21.8 Å². The van der Waals surface area contributed by atoms with Gasteiger partial charge in [0.05, 0.1) is 4.92 Å². The number of hydrogen-bond acceptors (Lipinski definition) is 5. The first-order chi connectivity index (χ1) is 10.8. The molecule has 0 saturated carbocycles. The Morgan fingerprint density at radius 1 is 1.48 bits per heavy atom. The molecule has 1 aromatic carbocycles. The first-order valence-corrected chi connectivity index (χ1v) is 6.85. The molecular formula is C14H17FN2O6. The molecule has 23 heavy (non-hydrogen) atoms. The number of aliphatic carboxylic acids is 1. The van der Waals surface area contributed by atoms with Gasteiger partial charge in [-0.15, -0.1) is 0 Å². The monoisotopic (exact) mass is 328 g/mol. The van der Waals surface area contributed by atoms with Crippen molar-refractivity contribution in [2.24, 2.45) is 5.92 Å². The van der Waals surface area contributed by atoms with Crippen molar-refractivity contribution >= 4 is 17.6 Å². The lowest BCUT2D eigenvalue weighted by molar-refractivity contribution is -0.387. The van der Waals surface area contributed by atoms with Crippen LogP contribution >= 0.6 is 0 Å². The first kappa shape index (κ1) is 18.3. The quantitative estimate of drug-likeness (QED) is 0.554. The van der Waals surface area contributed by atoms with Crippen molar-refractivity contribution in [3.05, 3.63) is 34.1 Å². The smallest absolute Gasteiger partial charge is 0.326 e. The Labute approximate surface area is 131 Å². The number of benzene rings is 1. The van der Waals surface area contributed by atoms with Crippen molar-refractivity contribution in [2.75, 3.05) is 6.61 Å². The third kappa shape index (κ3) is 5.20. The Bertz CT molecular complexity index is 607. The average molecular weight is 328 g/mol. The van der Waals surface area contributed by atoms with Crippen LogP contribution in [0.25, 0.3) is 0 Å². The summed E-state index contributed by atoms with van der Waals surface area (Å²) in [5.74, 6) is -3.27. The van der Waals surface area contributed by atoms with Crippen LogP contribution in [0.15, 0.2) is 18.2 Å². The minimum atomic E-state index is -1.16. The van der Waals surface area contributed by atoms with E-state index < -0.39 is 41.0 Å². The minimum Gasteiger partial charge on any atom is -0.484 e. The zero-order valence-corrected chi connectivity index (χ0v) is 12.6. The molecule has 0 aromatic heterocycles. The summed E-state index contributed by atoms with van der Waals surface area (Å²) in [6, 6.07) is 1.80. The van der Waals surface area contributed by atoms with Crippen LogP contribution in [-0.2, 0) is 9.59 Å². The number of halogens is 1. The fraction of sp³-hybridized carbons (Fsp3) is 0.429. The van der Waals surface area contributed by atoms with E-state index in [0.29, 0.717) is 6.42 Å². The molecule has 0 unspecified atom stereocenters. The number of carbonyl (C=O) groups excluding carboxylic acids is 1. The number of hydrogen-bond donors (Lipinski definition) is 2. The Hall–Kier alpha value is -2.71. The summed E-state index contributed by atoms with van der Waals surface area (Å²) in [7, 11) is 0. The third-order valence-electron chi connectivity index (χ3n) is 3.28. The molecule has 0 aliphatic rings. The predicted molar refractivity (Wildman–Crippen MR) is 77.6 cm³/mol. The largest absolute Gasteiger partial charge is 0.484 e. The van der Waals surface area contributed by atoms with E-state index in [0.717, 1.165) is 18.2 Å². The highest BCUT2D eigenvalue weighted by Crippen LogP contribution is 2.22. The summed E-state index contributed by atoms with van der Waals surface area (Å²) in [5.41, 5.74) is -0.704. The van der Waals surface area contributed by atoms with Crippen molar-refractivity contribution in [1.29, 1.82) is 0 Å². The lowest BCUT2D eigenvalue weighted by Crippen LogP contribution is -2.46. The molecule has 1 aromatic rings. The topological polar surface area (TPSA) is 119 Å². The molecule has 0 fully saturated rings. The SMILES string of the molecule is CC[C@H](C)[C@H](NC(=O)COc1ccc([N+](=O)[O-])c(F)c1)C(=O)O. The van der Waals surface area contributed by atoms with Gasteiger partial charge in [0.15, 0.2) is 6.61 Å². The standard InChI is InChI=1S/C14H17FN2O6/c1-3-8(2)13(14(19)20)16-12(18)7-23-9-4-5-11(17(21)22)10(15)6-9/h4-6,8,13H,3,7H2,1-2H3,(H,16,18)(H,19,20)/t8-,13-/m0/s1. The van der Waals surface area contributed by atoms with E-state index in [1.54, 1.807) is 13.8 Å². The van der Waals surface area contributed by atoms with Crippen LogP contribution in [0.4, 0.5) is 10.1 Å². The number of nitrogens with one attached hydrogen (secondary N) is 1. The highest BCUT2D eigenvalue weighted by molar-refractivity contribution is 5.84. The van der Waals surface area contributed by atoms with E-state index in [1.807, 2.05) is 0 Å². The van der Waals surface area contributed by atoms with Gasteiger partial charge in [0, 0.05) is 12.1 Å². The van der Waals surface area contributed by atoms with Crippen LogP contribution in [0.3, 0.4) is 0 Å². The van der Waals surface area contributed by atoms with Crippen molar-refractivity contribution < 1.29 is 28.7 Å². The van der Waals surface area contributed by atoms with Crippen molar-refractivity contribution in [2.45, 2.75) is 26.3 Å². The van der Waals surface area contributed by atoms with Crippen molar-refractivity contribution in [1.82, 2.24) is 5.32 Å². The maximum atomic E-state index is 13.4. The molecule has 0 aliphatic heterocycles. The van der Waals surface area contributed by atoms with Crippen LogP contribution in [-0.4, -0.2) is 34.6 Å². The summed E-state index contributed by atoms with van der Waals surface area (Å²) in [5, 5.41) is 21.9. The normalized spacial score (nSPS) is 13.0. The molecule has 1 amide bonds. The molecule has 9 heteroatoms. The molecule has 2 atom stereocenters. The molecule has 0 radical (unpaired) electrons. The number of nitro groups is 1. The zero-order chi connectivity index (χ0) is 17.6. The molecular weight excluding hydrogens is 311 g/mol. The Morgan fingerprint density at radius 3 is 2.61 bits per heavy atom. The molecule has 1 rings (SSSR count). The van der Waals surface area contributed by atoms with Crippen LogP contribution in [0.2, 0.25) is 0 Å². The average Bonchev–Trinajstić information content (AvgIpc) is 2.49. The molecule has 0 bridgehead atoms. The van der Waals surface area contributed by atoms with Crippen molar-refractivity contribution in [3.63, 3.8) is 0 Å². The summed E-state index contributed by atoms with van der Waals surface area (Å²) in [4.78, 5) is 32.4. The van der Waals surface area contributed by atoms with E-state index in [1.165, 1.54) is 0 Å². The highest BCUT2D eigenvalue weighted by atomic mass is 19.1. The number of nitrogens with zero attached hydrogens (tertiary/aromatic N) is 1. The maximum Gasteiger partial charge on any atom is 0.326 e. The van der Waals surface area contributed by atoms with E-state index >= 15 is 0 Å². The second kappa shape index (κ2) is 8.06. The number of carboxylic acids is 1. The first-order valence-electron chi connectivity index (χ1n) is 6.85. The second-order valence-corrected chi connectivity index (χ2v) is 4.93. The molecule has 2 N–H and O–H groups in total. The number of amides is 1. The van der Waals surface area contributed by atoms with Crippen LogP contribution in [0.1, 0.15) is 20.3 Å². The van der Waals surface area contributed by atoms with Crippen LogP contribution < -0.4 is 10.1 Å². The molecule has 126 valence electrons. The molecule has 0 spiro atoms. The fourth-order valence-electron chi connectivity index (χ4n) is 1.77. The number of rotatable bonds is 8. The van der Waals surface area contributed by atoms with Gasteiger partial charge in [0.2, 0.25) is 5.82 Å². The number of carboxylic acid groups (broad SMARTS) is 1. The van der Waals surface area contributed by atoms with Gasteiger partial charge in [-0.05, 0) is 12.0 Å². The lowest BCUT2D eigenvalue weighted by atomic mass is 9.99. The number of carbonyl (C=O) groups is 2. The lowest BCUT2D eigenvalue weighted by Gasteiger charge is -2.20. The summed E-state index contributed by atoms with van der Waals surface area (Å²) in [6.07, 6.45) is 0.561. The van der Waals surface area contributed by atoms with E-state index in [-0.39, 0.29) is 11.7 Å². The Balaban J connectivity index is 2.64. The Kier molecular flexibility index (Phi) is 6.43. The molecule has 8 nitrogen and oxygen atoms in total. The van der Waals surface area contributed by atoms with Gasteiger partial charge in [0.1, 0.15) is 11.8 Å². The highest BCUT2D eigenvalue weighted by Gasteiger charge is 2.25. The predicted octanol–water partition coefficient (Wildman–Crippen LogP) is 1.73. The molecule has 0 heterocycles. The zero-order valence-electron chi connectivity index (χ0n) is 12.6.